The van der Waals surface area contributed by atoms with Crippen molar-refractivity contribution in [3.8, 4) is 0 Å². The number of allylic oxidation sites excluding steroid dienone is 1. The lowest BCUT2D eigenvalue weighted by molar-refractivity contribution is 0.924. The second-order valence-electron chi connectivity index (χ2n) is 1.89. The smallest absolute Gasteiger partial charge is 0.0322 e. The second kappa shape index (κ2) is 16.1. The molecule has 0 aliphatic carbocycles. The molecular weight excluding hydrogens is 134 g/mol. The van der Waals surface area contributed by atoms with E-state index < -0.39 is 0 Å². The van der Waals surface area contributed by atoms with E-state index >= 15 is 0 Å². The molecule has 1 heteroatoms. The minimum absolute atomic E-state index is 0.861. The number of rotatable bonds is 5. The van der Waals surface area contributed by atoms with Crippen molar-refractivity contribution in [1.29, 1.82) is 0 Å². The Kier molecular flexibility index (Phi) is 18.9. The Labute approximate surface area is 71.2 Å². The summed E-state index contributed by atoms with van der Waals surface area (Å²) in [4.78, 5) is 0. The van der Waals surface area contributed by atoms with Gasteiger partial charge in [-0.05, 0) is 12.6 Å². The van der Waals surface area contributed by atoms with Gasteiger partial charge in [0.25, 0.3) is 0 Å². The molecule has 0 bridgehead atoms. The summed E-state index contributed by atoms with van der Waals surface area (Å²) in [5, 5.41) is 3.07. The van der Waals surface area contributed by atoms with Gasteiger partial charge in [-0.15, -0.1) is 6.58 Å². The van der Waals surface area contributed by atoms with E-state index in [1.54, 1.807) is 0 Å². The fourth-order valence-corrected chi connectivity index (χ4v) is 0.485. The van der Waals surface area contributed by atoms with E-state index in [2.05, 4.69) is 24.9 Å². The van der Waals surface area contributed by atoms with Crippen LogP contribution in [0.2, 0.25) is 0 Å². The second-order valence-corrected chi connectivity index (χ2v) is 1.89. The Morgan fingerprint density at radius 2 is 2.00 bits per heavy atom. The molecule has 0 aliphatic heterocycles. The van der Waals surface area contributed by atoms with Gasteiger partial charge in [0.2, 0.25) is 0 Å². The predicted octanol–water partition coefficient (Wildman–Crippen LogP) is 3.10. The van der Waals surface area contributed by atoms with Crippen LogP contribution in [-0.4, -0.2) is 6.54 Å². The molecule has 0 saturated heterocycles. The van der Waals surface area contributed by atoms with Crippen molar-refractivity contribution < 1.29 is 0 Å². The van der Waals surface area contributed by atoms with Crippen molar-refractivity contribution in [2.75, 3.05) is 6.54 Å². The van der Waals surface area contributed by atoms with Crippen LogP contribution in [0.4, 0.5) is 0 Å². The molecule has 0 aromatic carbocycles. The Bertz CT molecular complexity index is 84.9. The molecule has 0 aromatic heterocycles. The van der Waals surface area contributed by atoms with E-state index in [-0.39, 0.29) is 0 Å². The molecule has 0 aliphatic rings. The molecule has 0 rings (SSSR count). The van der Waals surface area contributed by atoms with E-state index in [1.807, 2.05) is 26.1 Å². The van der Waals surface area contributed by atoms with Crippen LogP contribution in [0.15, 0.2) is 24.9 Å². The molecule has 66 valence electrons. The standard InChI is InChI=1S/C8H15N.C2H6/c1-3-5-6-8-9-7-4-2;1-2/h4,6,8-9H,2-3,5,7H2,1H3;1-2H3/b8-6-;. The maximum atomic E-state index is 3.58. The van der Waals surface area contributed by atoms with Crippen molar-refractivity contribution >= 4 is 0 Å². The van der Waals surface area contributed by atoms with Crippen molar-refractivity contribution in [2.45, 2.75) is 33.6 Å². The number of nitrogens with one attached hydrogen (secondary N) is 1. The highest BCUT2D eigenvalue weighted by Gasteiger charge is 1.70. The van der Waals surface area contributed by atoms with Crippen LogP contribution in [0.25, 0.3) is 0 Å². The van der Waals surface area contributed by atoms with Crippen LogP contribution in [0, 0.1) is 0 Å². The molecule has 0 atom stereocenters. The predicted molar refractivity (Wildman–Crippen MR) is 53.6 cm³/mol. The average Bonchev–Trinajstić information content (AvgIpc) is 2.08. The quantitative estimate of drug-likeness (QED) is 0.475. The summed E-state index contributed by atoms with van der Waals surface area (Å²) in [6.07, 6.45) is 8.32. The van der Waals surface area contributed by atoms with Crippen LogP contribution in [-0.2, 0) is 0 Å². The van der Waals surface area contributed by atoms with Gasteiger partial charge < -0.3 is 5.32 Å². The van der Waals surface area contributed by atoms with Crippen molar-refractivity contribution in [2.24, 2.45) is 0 Å². The van der Waals surface area contributed by atoms with E-state index in [0.717, 1.165) is 13.0 Å². The van der Waals surface area contributed by atoms with Crippen LogP contribution in [0.3, 0.4) is 0 Å². The van der Waals surface area contributed by atoms with Gasteiger partial charge in [-0.25, -0.2) is 0 Å². The monoisotopic (exact) mass is 155 g/mol. The highest BCUT2D eigenvalue weighted by molar-refractivity contribution is 4.82. The molecule has 0 fully saturated rings. The van der Waals surface area contributed by atoms with Gasteiger partial charge in [0.15, 0.2) is 0 Å². The van der Waals surface area contributed by atoms with Crippen LogP contribution in [0.5, 0.6) is 0 Å². The molecular formula is C10H21N. The van der Waals surface area contributed by atoms with Crippen LogP contribution >= 0.6 is 0 Å². The number of unbranched alkanes of at least 4 members (excludes halogenated alkanes) is 1. The fraction of sp³-hybridized carbons (Fsp3) is 0.600. The summed E-state index contributed by atoms with van der Waals surface area (Å²) in [5.41, 5.74) is 0. The van der Waals surface area contributed by atoms with Gasteiger partial charge in [0.05, 0.1) is 0 Å². The maximum absolute atomic E-state index is 3.58. The maximum Gasteiger partial charge on any atom is 0.0322 e. The lowest BCUT2D eigenvalue weighted by Gasteiger charge is -1.90. The summed E-state index contributed by atoms with van der Waals surface area (Å²) in [5.74, 6) is 0. The summed E-state index contributed by atoms with van der Waals surface area (Å²) < 4.78 is 0. The van der Waals surface area contributed by atoms with Crippen LogP contribution in [0.1, 0.15) is 33.6 Å². The van der Waals surface area contributed by atoms with E-state index in [0.29, 0.717) is 0 Å². The third kappa shape index (κ3) is 17.6. The minimum Gasteiger partial charge on any atom is -0.388 e. The molecule has 0 saturated carbocycles. The third-order valence-electron chi connectivity index (χ3n) is 0.953. The van der Waals surface area contributed by atoms with Gasteiger partial charge in [-0.1, -0.05) is 39.3 Å². The average molecular weight is 155 g/mol. The first-order valence-corrected chi connectivity index (χ1v) is 4.41. The van der Waals surface area contributed by atoms with E-state index in [1.165, 1.54) is 6.42 Å². The molecule has 0 spiro atoms. The topological polar surface area (TPSA) is 12.0 Å². The lowest BCUT2D eigenvalue weighted by Crippen LogP contribution is -2.02. The summed E-state index contributed by atoms with van der Waals surface area (Å²) in [6, 6.07) is 0. The molecule has 0 radical (unpaired) electrons. The Morgan fingerprint density at radius 3 is 2.45 bits per heavy atom. The largest absolute Gasteiger partial charge is 0.388 e. The minimum atomic E-state index is 0.861. The molecule has 1 N–H and O–H groups in total. The van der Waals surface area contributed by atoms with Gasteiger partial charge in [0.1, 0.15) is 0 Å². The van der Waals surface area contributed by atoms with Crippen LogP contribution < -0.4 is 5.32 Å². The Morgan fingerprint density at radius 1 is 1.36 bits per heavy atom. The molecule has 0 aromatic rings. The molecule has 1 nitrogen and oxygen atoms in total. The normalized spacial score (nSPS) is 8.64. The highest BCUT2D eigenvalue weighted by Crippen LogP contribution is 1.85. The van der Waals surface area contributed by atoms with E-state index in [9.17, 15) is 0 Å². The highest BCUT2D eigenvalue weighted by atomic mass is 14.8. The van der Waals surface area contributed by atoms with Crippen molar-refractivity contribution in [3.63, 3.8) is 0 Å². The van der Waals surface area contributed by atoms with E-state index in [4.69, 9.17) is 0 Å². The van der Waals surface area contributed by atoms with Gasteiger partial charge >= 0.3 is 0 Å². The zero-order valence-electron chi connectivity index (χ0n) is 8.06. The first-order valence-electron chi connectivity index (χ1n) is 4.41. The molecule has 0 amide bonds. The summed E-state index contributed by atoms with van der Waals surface area (Å²) >= 11 is 0. The SMILES string of the molecule is C=CCN/C=C\CCC.CC. The zero-order chi connectivity index (χ0) is 8.95. The van der Waals surface area contributed by atoms with Gasteiger partial charge in [-0.3, -0.25) is 0 Å². The summed E-state index contributed by atoms with van der Waals surface area (Å²) in [6.45, 7) is 10.6. The van der Waals surface area contributed by atoms with Gasteiger partial charge in [-0.2, -0.15) is 0 Å². The first kappa shape index (κ1) is 12.9. The summed E-state index contributed by atoms with van der Waals surface area (Å²) in [7, 11) is 0. The third-order valence-corrected chi connectivity index (χ3v) is 0.953. The molecule has 0 unspecified atom stereocenters. The zero-order valence-corrected chi connectivity index (χ0v) is 8.06. The van der Waals surface area contributed by atoms with Crippen molar-refractivity contribution in [3.05, 3.63) is 24.9 Å². The lowest BCUT2D eigenvalue weighted by atomic mass is 10.3. The molecule has 11 heavy (non-hydrogen) atoms. The fourth-order valence-electron chi connectivity index (χ4n) is 0.485. The van der Waals surface area contributed by atoms with Crippen molar-refractivity contribution in [1.82, 2.24) is 5.32 Å². The Hall–Kier alpha value is -0.720. The number of hydrogen-bond acceptors (Lipinski definition) is 1. The molecule has 0 heterocycles. The number of hydrogen-bond donors (Lipinski definition) is 1. The first-order chi connectivity index (χ1) is 5.41. The Balaban J connectivity index is 0. The van der Waals surface area contributed by atoms with Gasteiger partial charge in [0, 0.05) is 6.54 Å².